The summed E-state index contributed by atoms with van der Waals surface area (Å²) in [5, 5.41) is 12.0. The highest BCUT2D eigenvalue weighted by molar-refractivity contribution is 7.17. The number of aromatic nitrogens is 1. The lowest BCUT2D eigenvalue weighted by Crippen LogP contribution is -1.98. The lowest BCUT2D eigenvalue weighted by Gasteiger charge is -2.07. The minimum Gasteiger partial charge on any atom is -0.466 e. The maximum atomic E-state index is 10.0. The molecule has 1 unspecified atom stereocenters. The Hall–Kier alpha value is -1.65. The second kappa shape index (κ2) is 3.73. The molecule has 3 aromatic heterocycles. The Kier molecular flexibility index (Phi) is 2.23. The molecule has 0 amide bonds. The van der Waals surface area contributed by atoms with E-state index >= 15 is 0 Å². The van der Waals surface area contributed by atoms with Crippen molar-refractivity contribution < 1.29 is 9.52 Å². The highest BCUT2D eigenvalue weighted by Gasteiger charge is 2.14. The predicted molar refractivity (Wildman–Crippen MR) is 62.4 cm³/mol. The molecule has 0 spiro atoms. The molecule has 4 heteroatoms. The number of rotatable bonds is 2. The van der Waals surface area contributed by atoms with Gasteiger partial charge in [0.25, 0.3) is 0 Å². The van der Waals surface area contributed by atoms with Crippen LogP contribution in [-0.4, -0.2) is 10.1 Å². The third-order valence-electron chi connectivity index (χ3n) is 2.45. The van der Waals surface area contributed by atoms with Crippen LogP contribution < -0.4 is 0 Å². The molecule has 0 aliphatic rings. The number of aliphatic hydroxyl groups is 1. The van der Waals surface area contributed by atoms with Crippen molar-refractivity contribution >= 4 is 21.6 Å². The fourth-order valence-corrected chi connectivity index (χ4v) is 2.41. The molecule has 0 bridgehead atoms. The van der Waals surface area contributed by atoms with Crippen LogP contribution in [0.25, 0.3) is 10.2 Å². The van der Waals surface area contributed by atoms with Crippen molar-refractivity contribution in [2.75, 3.05) is 0 Å². The van der Waals surface area contributed by atoms with Gasteiger partial charge in [-0.05, 0) is 29.6 Å². The van der Waals surface area contributed by atoms with E-state index in [0.717, 1.165) is 15.8 Å². The standard InChI is InChI=1S/C12H9NO2S/c14-12(10-2-1-4-15-10)8-6-11-9(13-7-8)3-5-16-11/h1-7,12,14H. The van der Waals surface area contributed by atoms with E-state index in [0.29, 0.717) is 5.76 Å². The van der Waals surface area contributed by atoms with E-state index in [1.807, 2.05) is 17.5 Å². The monoisotopic (exact) mass is 231 g/mol. The lowest BCUT2D eigenvalue weighted by molar-refractivity contribution is 0.189. The highest BCUT2D eigenvalue weighted by atomic mass is 32.1. The quantitative estimate of drug-likeness (QED) is 0.737. The van der Waals surface area contributed by atoms with Gasteiger partial charge in [0.1, 0.15) is 11.9 Å². The van der Waals surface area contributed by atoms with Crippen LogP contribution in [0.1, 0.15) is 17.4 Å². The third kappa shape index (κ3) is 1.52. The van der Waals surface area contributed by atoms with E-state index in [1.165, 1.54) is 0 Å². The molecule has 1 N–H and O–H groups in total. The molecule has 0 radical (unpaired) electrons. The molecule has 3 heterocycles. The first-order valence-corrected chi connectivity index (χ1v) is 5.77. The fourth-order valence-electron chi connectivity index (χ4n) is 1.62. The van der Waals surface area contributed by atoms with Crippen molar-refractivity contribution in [3.8, 4) is 0 Å². The van der Waals surface area contributed by atoms with E-state index < -0.39 is 6.10 Å². The van der Waals surface area contributed by atoms with Gasteiger partial charge >= 0.3 is 0 Å². The molecule has 1 atom stereocenters. The Morgan fingerprint density at radius 3 is 3.12 bits per heavy atom. The first kappa shape index (κ1) is 9.57. The van der Waals surface area contributed by atoms with Crippen molar-refractivity contribution in [3.05, 3.63) is 53.4 Å². The molecule has 0 fully saturated rings. The second-order valence-corrected chi connectivity index (χ2v) is 4.44. The molecule has 3 nitrogen and oxygen atoms in total. The summed E-state index contributed by atoms with van der Waals surface area (Å²) in [5.74, 6) is 0.540. The number of hydrogen-bond donors (Lipinski definition) is 1. The van der Waals surface area contributed by atoms with Gasteiger partial charge in [-0.1, -0.05) is 0 Å². The summed E-state index contributed by atoms with van der Waals surface area (Å²) in [6.45, 7) is 0. The van der Waals surface area contributed by atoms with E-state index in [1.54, 1.807) is 35.9 Å². The Morgan fingerprint density at radius 2 is 2.31 bits per heavy atom. The van der Waals surface area contributed by atoms with Crippen molar-refractivity contribution in [1.82, 2.24) is 4.98 Å². The summed E-state index contributed by atoms with van der Waals surface area (Å²) in [5.41, 5.74) is 1.71. The van der Waals surface area contributed by atoms with Gasteiger partial charge in [0.2, 0.25) is 0 Å². The van der Waals surface area contributed by atoms with Gasteiger partial charge < -0.3 is 9.52 Å². The first-order chi connectivity index (χ1) is 7.84. The van der Waals surface area contributed by atoms with E-state index in [4.69, 9.17) is 4.42 Å². The minimum atomic E-state index is -0.742. The van der Waals surface area contributed by atoms with Gasteiger partial charge in [0.15, 0.2) is 0 Å². The zero-order valence-electron chi connectivity index (χ0n) is 8.33. The zero-order chi connectivity index (χ0) is 11.0. The number of furan rings is 1. The number of fused-ring (bicyclic) bond motifs is 1. The first-order valence-electron chi connectivity index (χ1n) is 4.89. The summed E-state index contributed by atoms with van der Waals surface area (Å²) in [6, 6.07) is 7.42. The lowest BCUT2D eigenvalue weighted by atomic mass is 10.1. The maximum Gasteiger partial charge on any atom is 0.138 e. The number of thiophene rings is 1. The molecule has 3 aromatic rings. The Balaban J connectivity index is 2.05. The third-order valence-corrected chi connectivity index (χ3v) is 3.31. The van der Waals surface area contributed by atoms with Gasteiger partial charge in [-0.25, -0.2) is 0 Å². The summed E-state index contributed by atoms with van der Waals surface area (Å²) < 4.78 is 6.24. The SMILES string of the molecule is OC(c1cnc2ccsc2c1)c1ccco1. The average molecular weight is 231 g/mol. The second-order valence-electron chi connectivity index (χ2n) is 3.49. The van der Waals surface area contributed by atoms with Gasteiger partial charge in [-0.15, -0.1) is 11.3 Å². The van der Waals surface area contributed by atoms with Crippen LogP contribution in [0.5, 0.6) is 0 Å². The fraction of sp³-hybridized carbons (Fsp3) is 0.0833. The summed E-state index contributed by atoms with van der Waals surface area (Å²) in [6.07, 6.45) is 2.49. The number of aliphatic hydroxyl groups excluding tert-OH is 1. The highest BCUT2D eigenvalue weighted by Crippen LogP contribution is 2.26. The molecule has 0 saturated carbocycles. The van der Waals surface area contributed by atoms with Gasteiger partial charge in [-0.3, -0.25) is 4.98 Å². The Labute approximate surface area is 96.0 Å². The van der Waals surface area contributed by atoms with Crippen molar-refractivity contribution in [2.24, 2.45) is 0 Å². The van der Waals surface area contributed by atoms with Crippen LogP contribution in [0.4, 0.5) is 0 Å². The molecule has 3 rings (SSSR count). The Bertz CT molecular complexity index is 600. The zero-order valence-corrected chi connectivity index (χ0v) is 9.15. The van der Waals surface area contributed by atoms with Crippen LogP contribution in [0.3, 0.4) is 0 Å². The van der Waals surface area contributed by atoms with Gasteiger partial charge in [0, 0.05) is 11.8 Å². The van der Waals surface area contributed by atoms with E-state index in [-0.39, 0.29) is 0 Å². The number of nitrogens with zero attached hydrogens (tertiary/aromatic N) is 1. The molecular formula is C12H9NO2S. The molecular weight excluding hydrogens is 222 g/mol. The molecule has 16 heavy (non-hydrogen) atoms. The minimum absolute atomic E-state index is 0.540. The topological polar surface area (TPSA) is 46.3 Å². The van der Waals surface area contributed by atoms with Crippen molar-refractivity contribution in [3.63, 3.8) is 0 Å². The van der Waals surface area contributed by atoms with E-state index in [9.17, 15) is 5.11 Å². The largest absolute Gasteiger partial charge is 0.466 e. The van der Waals surface area contributed by atoms with Crippen LogP contribution in [0.2, 0.25) is 0 Å². The summed E-state index contributed by atoms with van der Waals surface area (Å²) in [7, 11) is 0. The van der Waals surface area contributed by atoms with Crippen LogP contribution in [-0.2, 0) is 0 Å². The van der Waals surface area contributed by atoms with Gasteiger partial charge in [0.05, 0.1) is 16.5 Å². The summed E-state index contributed by atoms with van der Waals surface area (Å²) >= 11 is 1.61. The van der Waals surface area contributed by atoms with Crippen LogP contribution >= 0.6 is 11.3 Å². The normalized spacial score (nSPS) is 13.1. The Morgan fingerprint density at radius 1 is 1.38 bits per heavy atom. The maximum absolute atomic E-state index is 10.0. The smallest absolute Gasteiger partial charge is 0.138 e. The molecule has 80 valence electrons. The molecule has 0 aliphatic carbocycles. The van der Waals surface area contributed by atoms with E-state index in [2.05, 4.69) is 4.98 Å². The van der Waals surface area contributed by atoms with Crippen molar-refractivity contribution in [1.29, 1.82) is 0 Å². The number of pyridine rings is 1. The van der Waals surface area contributed by atoms with Crippen LogP contribution in [0.15, 0.2) is 46.5 Å². The van der Waals surface area contributed by atoms with Crippen molar-refractivity contribution in [2.45, 2.75) is 6.10 Å². The molecule has 0 saturated heterocycles. The summed E-state index contributed by atoms with van der Waals surface area (Å²) in [4.78, 5) is 4.28. The average Bonchev–Trinajstić information content (AvgIpc) is 2.98. The van der Waals surface area contributed by atoms with Crippen LogP contribution in [0, 0.1) is 0 Å². The molecule has 0 aliphatic heterocycles. The number of hydrogen-bond acceptors (Lipinski definition) is 4. The van der Waals surface area contributed by atoms with Gasteiger partial charge in [-0.2, -0.15) is 0 Å². The molecule has 0 aromatic carbocycles. The predicted octanol–water partition coefficient (Wildman–Crippen LogP) is 2.97.